The maximum Gasteiger partial charge on any atom is 0.222 e. The van der Waals surface area contributed by atoms with E-state index in [4.69, 9.17) is 4.74 Å². The first-order chi connectivity index (χ1) is 9.61. The molecule has 1 fully saturated rings. The van der Waals surface area contributed by atoms with Gasteiger partial charge in [0.25, 0.3) is 0 Å². The molecule has 1 aliphatic heterocycles. The summed E-state index contributed by atoms with van der Waals surface area (Å²) >= 11 is 3.47. The van der Waals surface area contributed by atoms with E-state index in [1.165, 1.54) is 0 Å². The molecule has 0 radical (unpaired) electrons. The van der Waals surface area contributed by atoms with Crippen molar-refractivity contribution in [1.82, 2.24) is 10.2 Å². The van der Waals surface area contributed by atoms with E-state index in [-0.39, 0.29) is 5.91 Å². The Balaban J connectivity index is 1.88. The molecule has 1 saturated heterocycles. The summed E-state index contributed by atoms with van der Waals surface area (Å²) in [7, 11) is 3.55. The number of rotatable bonds is 5. The molecule has 1 amide bonds. The van der Waals surface area contributed by atoms with Gasteiger partial charge in [-0.3, -0.25) is 4.79 Å². The Bertz CT molecular complexity index is 473. The minimum Gasteiger partial charge on any atom is -0.496 e. The number of aryl methyl sites for hydroxylation is 1. The minimum absolute atomic E-state index is 0.214. The van der Waals surface area contributed by atoms with Crippen LogP contribution in [0.1, 0.15) is 18.4 Å². The van der Waals surface area contributed by atoms with E-state index < -0.39 is 0 Å². The van der Waals surface area contributed by atoms with Crippen molar-refractivity contribution in [3.8, 4) is 5.75 Å². The Morgan fingerprint density at radius 3 is 2.95 bits per heavy atom. The van der Waals surface area contributed by atoms with Crippen LogP contribution in [0.15, 0.2) is 22.7 Å². The fourth-order valence-corrected chi connectivity index (χ4v) is 3.05. The van der Waals surface area contributed by atoms with Crippen molar-refractivity contribution in [2.24, 2.45) is 0 Å². The molecule has 0 aliphatic carbocycles. The second kappa shape index (κ2) is 7.09. The van der Waals surface area contributed by atoms with Gasteiger partial charge in [0.1, 0.15) is 5.75 Å². The monoisotopic (exact) mass is 340 g/mol. The van der Waals surface area contributed by atoms with Crippen LogP contribution < -0.4 is 10.1 Å². The predicted octanol–water partition coefficient (Wildman–Crippen LogP) is 2.21. The molecule has 1 atom stereocenters. The summed E-state index contributed by atoms with van der Waals surface area (Å²) in [6, 6.07) is 6.30. The number of methoxy groups -OCH3 is 1. The second-order valence-corrected chi connectivity index (χ2v) is 5.97. The Hall–Kier alpha value is -1.07. The third-order valence-electron chi connectivity index (χ3n) is 3.82. The van der Waals surface area contributed by atoms with Gasteiger partial charge in [-0.15, -0.1) is 0 Å². The van der Waals surface area contributed by atoms with Crippen molar-refractivity contribution >= 4 is 21.8 Å². The lowest BCUT2D eigenvalue weighted by atomic mass is 10.1. The summed E-state index contributed by atoms with van der Waals surface area (Å²) in [6.45, 7) is 1.92. The lowest BCUT2D eigenvalue weighted by Crippen LogP contribution is -2.38. The molecule has 0 unspecified atom stereocenters. The van der Waals surface area contributed by atoms with Crippen LogP contribution in [0.4, 0.5) is 0 Å². The molecule has 2 rings (SSSR count). The number of carbonyl (C=O) groups excluding carboxylic acids is 1. The van der Waals surface area contributed by atoms with Crippen LogP contribution in [0.5, 0.6) is 5.75 Å². The fraction of sp³-hybridized carbons (Fsp3) is 0.533. The summed E-state index contributed by atoms with van der Waals surface area (Å²) in [4.78, 5) is 14.1. The van der Waals surface area contributed by atoms with Gasteiger partial charge in [0.15, 0.2) is 0 Å². The van der Waals surface area contributed by atoms with Crippen LogP contribution >= 0.6 is 15.9 Å². The van der Waals surface area contributed by atoms with Crippen LogP contribution in [-0.2, 0) is 11.2 Å². The molecule has 0 saturated carbocycles. The zero-order valence-electron chi connectivity index (χ0n) is 12.0. The molecule has 1 heterocycles. The van der Waals surface area contributed by atoms with Gasteiger partial charge in [0.2, 0.25) is 5.91 Å². The van der Waals surface area contributed by atoms with Gasteiger partial charge in [0, 0.05) is 26.1 Å². The summed E-state index contributed by atoms with van der Waals surface area (Å²) < 4.78 is 6.13. The van der Waals surface area contributed by atoms with Gasteiger partial charge in [-0.25, -0.2) is 0 Å². The first kappa shape index (κ1) is 15.3. The van der Waals surface area contributed by atoms with Crippen molar-refractivity contribution in [1.29, 1.82) is 0 Å². The zero-order valence-corrected chi connectivity index (χ0v) is 13.6. The average Bonchev–Trinajstić information content (AvgIpc) is 2.98. The smallest absolute Gasteiger partial charge is 0.222 e. The highest BCUT2D eigenvalue weighted by molar-refractivity contribution is 9.10. The van der Waals surface area contributed by atoms with E-state index in [1.807, 2.05) is 30.1 Å². The Labute approximate surface area is 128 Å². The lowest BCUT2D eigenvalue weighted by molar-refractivity contribution is -0.131. The third-order valence-corrected chi connectivity index (χ3v) is 4.44. The maximum absolute atomic E-state index is 12.2. The minimum atomic E-state index is 0.214. The van der Waals surface area contributed by atoms with Crippen LogP contribution in [-0.4, -0.2) is 44.1 Å². The first-order valence-electron chi connectivity index (χ1n) is 6.90. The first-order valence-corrected chi connectivity index (χ1v) is 7.70. The number of ether oxygens (including phenoxy) is 1. The number of carbonyl (C=O) groups is 1. The van der Waals surface area contributed by atoms with Crippen molar-refractivity contribution in [2.45, 2.75) is 25.3 Å². The lowest BCUT2D eigenvalue weighted by Gasteiger charge is -2.23. The van der Waals surface area contributed by atoms with E-state index in [2.05, 4.69) is 21.2 Å². The van der Waals surface area contributed by atoms with Crippen LogP contribution in [0.3, 0.4) is 0 Å². The fourth-order valence-electron chi connectivity index (χ4n) is 2.47. The largest absolute Gasteiger partial charge is 0.496 e. The molecule has 20 heavy (non-hydrogen) atoms. The highest BCUT2D eigenvalue weighted by Crippen LogP contribution is 2.26. The molecule has 1 aliphatic rings. The number of nitrogens with one attached hydrogen (secondary N) is 1. The van der Waals surface area contributed by atoms with Gasteiger partial charge in [-0.1, -0.05) is 6.07 Å². The molecule has 1 aromatic carbocycles. The molecule has 0 bridgehead atoms. The standard InChI is InChI=1S/C15H21BrN2O2/c1-18(12-7-8-17-10-12)15(19)6-4-11-3-5-14(20-2)13(16)9-11/h3,5,9,12,17H,4,6-8,10H2,1-2H3/t12-/m0/s1. The highest BCUT2D eigenvalue weighted by atomic mass is 79.9. The van der Waals surface area contributed by atoms with Crippen LogP contribution in [0.25, 0.3) is 0 Å². The maximum atomic E-state index is 12.2. The third kappa shape index (κ3) is 3.73. The van der Waals surface area contributed by atoms with Gasteiger partial charge in [-0.2, -0.15) is 0 Å². The Kier molecular flexibility index (Phi) is 5.43. The molecular formula is C15H21BrN2O2. The average molecular weight is 341 g/mol. The number of amides is 1. The molecule has 0 spiro atoms. The van der Waals surface area contributed by atoms with E-state index in [1.54, 1.807) is 7.11 Å². The molecule has 110 valence electrons. The second-order valence-electron chi connectivity index (χ2n) is 5.12. The normalized spacial score (nSPS) is 18.1. The van der Waals surface area contributed by atoms with E-state index >= 15 is 0 Å². The predicted molar refractivity (Wildman–Crippen MR) is 83.1 cm³/mol. The summed E-state index contributed by atoms with van der Waals surface area (Å²) in [5.74, 6) is 1.03. The van der Waals surface area contributed by atoms with Gasteiger partial charge in [-0.05, 0) is 53.0 Å². The number of likely N-dealkylation sites (N-methyl/N-ethyl adjacent to an activating group) is 1. The van der Waals surface area contributed by atoms with Crippen molar-refractivity contribution < 1.29 is 9.53 Å². The summed E-state index contributed by atoms with van der Waals surface area (Å²) in [5.41, 5.74) is 1.14. The highest BCUT2D eigenvalue weighted by Gasteiger charge is 2.22. The van der Waals surface area contributed by atoms with Crippen molar-refractivity contribution in [2.75, 3.05) is 27.2 Å². The molecule has 5 heteroatoms. The van der Waals surface area contributed by atoms with Crippen LogP contribution in [0.2, 0.25) is 0 Å². The number of nitrogens with zero attached hydrogens (tertiary/aromatic N) is 1. The molecular weight excluding hydrogens is 320 g/mol. The number of hydrogen-bond acceptors (Lipinski definition) is 3. The summed E-state index contributed by atoms with van der Waals surface area (Å²) in [5, 5.41) is 3.29. The van der Waals surface area contributed by atoms with E-state index in [0.717, 1.165) is 41.7 Å². The molecule has 4 nitrogen and oxygen atoms in total. The number of benzene rings is 1. The molecule has 1 aromatic rings. The van der Waals surface area contributed by atoms with Gasteiger partial charge < -0.3 is 15.0 Å². The Morgan fingerprint density at radius 1 is 1.55 bits per heavy atom. The van der Waals surface area contributed by atoms with E-state index in [9.17, 15) is 4.79 Å². The molecule has 0 aromatic heterocycles. The number of halogens is 1. The molecule has 1 N–H and O–H groups in total. The van der Waals surface area contributed by atoms with Crippen molar-refractivity contribution in [3.63, 3.8) is 0 Å². The van der Waals surface area contributed by atoms with Gasteiger partial charge >= 0.3 is 0 Å². The quantitative estimate of drug-likeness (QED) is 0.893. The number of hydrogen-bond donors (Lipinski definition) is 1. The van der Waals surface area contributed by atoms with Crippen LogP contribution in [0, 0.1) is 0 Å². The summed E-state index contributed by atoms with van der Waals surface area (Å²) in [6.07, 6.45) is 2.36. The van der Waals surface area contributed by atoms with E-state index in [0.29, 0.717) is 12.5 Å². The topological polar surface area (TPSA) is 41.6 Å². The zero-order chi connectivity index (χ0) is 14.5. The Morgan fingerprint density at radius 2 is 2.35 bits per heavy atom. The van der Waals surface area contributed by atoms with Crippen molar-refractivity contribution in [3.05, 3.63) is 28.2 Å². The SMILES string of the molecule is COc1ccc(CCC(=O)N(C)[C@H]2CCNC2)cc1Br. The van der Waals surface area contributed by atoms with Gasteiger partial charge in [0.05, 0.1) is 11.6 Å².